The van der Waals surface area contributed by atoms with Crippen LogP contribution in [0.3, 0.4) is 0 Å². The van der Waals surface area contributed by atoms with E-state index in [0.29, 0.717) is 0 Å². The lowest BCUT2D eigenvalue weighted by atomic mass is 10.1. The monoisotopic (exact) mass is 237 g/mol. The third kappa shape index (κ3) is 3.01. The number of hydrogen-bond donors (Lipinski definition) is 0. The summed E-state index contributed by atoms with van der Waals surface area (Å²) in [5.74, 6) is 0. The second kappa shape index (κ2) is 5.54. The van der Waals surface area contributed by atoms with Crippen LogP contribution in [0.1, 0.15) is 16.7 Å². The van der Waals surface area contributed by atoms with Crippen molar-refractivity contribution in [2.24, 2.45) is 0 Å². The average molecular weight is 237 g/mol. The maximum atomic E-state index is 4.19. The Balaban J connectivity index is 2.10. The molecule has 1 heteroatoms. The zero-order valence-electron chi connectivity index (χ0n) is 11.1. The minimum Gasteiger partial charge on any atom is -0.370 e. The first kappa shape index (κ1) is 12.4. The number of rotatable bonds is 4. The average Bonchev–Trinajstić information content (AvgIpc) is 2.39. The molecule has 0 bridgehead atoms. The summed E-state index contributed by atoms with van der Waals surface area (Å²) in [6, 6.07) is 18.9. The molecule has 0 aliphatic carbocycles. The van der Waals surface area contributed by atoms with Gasteiger partial charge in [-0.15, -0.1) is 0 Å². The van der Waals surface area contributed by atoms with Crippen molar-refractivity contribution in [1.82, 2.24) is 4.90 Å². The van der Waals surface area contributed by atoms with Crippen LogP contribution in [0.25, 0.3) is 5.70 Å². The van der Waals surface area contributed by atoms with Crippen molar-refractivity contribution in [1.29, 1.82) is 0 Å². The first-order valence-corrected chi connectivity index (χ1v) is 6.18. The van der Waals surface area contributed by atoms with Gasteiger partial charge in [-0.25, -0.2) is 0 Å². The van der Waals surface area contributed by atoms with E-state index >= 15 is 0 Å². The molecule has 2 rings (SSSR count). The molecule has 0 heterocycles. The zero-order chi connectivity index (χ0) is 13.0. The molecule has 18 heavy (non-hydrogen) atoms. The molecule has 1 nitrogen and oxygen atoms in total. The Kier molecular flexibility index (Phi) is 3.83. The van der Waals surface area contributed by atoms with Gasteiger partial charge in [-0.2, -0.15) is 0 Å². The highest BCUT2D eigenvalue weighted by molar-refractivity contribution is 5.62. The third-order valence-corrected chi connectivity index (χ3v) is 3.07. The second-order valence-corrected chi connectivity index (χ2v) is 4.66. The fourth-order valence-electron chi connectivity index (χ4n) is 2.00. The molecule has 0 saturated heterocycles. The Bertz CT molecular complexity index is 528. The van der Waals surface area contributed by atoms with E-state index in [4.69, 9.17) is 0 Å². The Morgan fingerprint density at radius 1 is 1.06 bits per heavy atom. The van der Waals surface area contributed by atoms with Crippen molar-refractivity contribution in [3.63, 3.8) is 0 Å². The lowest BCUT2D eigenvalue weighted by Gasteiger charge is -2.22. The maximum Gasteiger partial charge on any atom is 0.0426 e. The van der Waals surface area contributed by atoms with E-state index in [1.807, 2.05) is 6.07 Å². The van der Waals surface area contributed by atoms with Gasteiger partial charge < -0.3 is 4.90 Å². The van der Waals surface area contributed by atoms with Gasteiger partial charge >= 0.3 is 0 Å². The molecule has 0 amide bonds. The SMILES string of the molecule is C=C(c1cccc(C)c1)N(C)Cc1ccccc1. The number of nitrogens with zero attached hydrogens (tertiary/aromatic N) is 1. The van der Waals surface area contributed by atoms with Crippen LogP contribution in [0.2, 0.25) is 0 Å². The minimum atomic E-state index is 0.883. The van der Waals surface area contributed by atoms with Crippen LogP contribution in [0.4, 0.5) is 0 Å². The van der Waals surface area contributed by atoms with Crippen LogP contribution in [-0.4, -0.2) is 11.9 Å². The number of aryl methyl sites for hydroxylation is 1. The molecule has 92 valence electrons. The van der Waals surface area contributed by atoms with Crippen LogP contribution in [0.15, 0.2) is 61.2 Å². The molecular weight excluding hydrogens is 218 g/mol. The summed E-state index contributed by atoms with van der Waals surface area (Å²) < 4.78 is 0. The first-order valence-electron chi connectivity index (χ1n) is 6.18. The van der Waals surface area contributed by atoms with Crippen LogP contribution >= 0.6 is 0 Å². The van der Waals surface area contributed by atoms with Gasteiger partial charge in [0.05, 0.1) is 0 Å². The third-order valence-electron chi connectivity index (χ3n) is 3.07. The summed E-state index contributed by atoms with van der Waals surface area (Å²) in [7, 11) is 2.08. The Morgan fingerprint density at radius 2 is 1.78 bits per heavy atom. The molecular formula is C17H19N. The van der Waals surface area contributed by atoms with Crippen molar-refractivity contribution in [2.75, 3.05) is 7.05 Å². The number of hydrogen-bond acceptors (Lipinski definition) is 1. The zero-order valence-corrected chi connectivity index (χ0v) is 11.1. The fraction of sp³-hybridized carbons (Fsp3) is 0.176. The van der Waals surface area contributed by atoms with Gasteiger partial charge in [0.2, 0.25) is 0 Å². The maximum absolute atomic E-state index is 4.19. The molecule has 0 aromatic heterocycles. The molecule has 0 saturated carbocycles. The topological polar surface area (TPSA) is 3.24 Å². The van der Waals surface area contributed by atoms with Gasteiger partial charge in [0, 0.05) is 19.3 Å². The molecule has 0 aliphatic rings. The molecule has 0 unspecified atom stereocenters. The van der Waals surface area contributed by atoms with E-state index in [9.17, 15) is 0 Å². The van der Waals surface area contributed by atoms with Crippen LogP contribution in [0.5, 0.6) is 0 Å². The van der Waals surface area contributed by atoms with Crippen LogP contribution in [-0.2, 0) is 6.54 Å². The molecule has 0 atom stereocenters. The van der Waals surface area contributed by atoms with Crippen molar-refractivity contribution >= 4 is 5.70 Å². The Labute approximate surface area is 109 Å². The lowest BCUT2D eigenvalue weighted by molar-refractivity contribution is 0.476. The van der Waals surface area contributed by atoms with Gasteiger partial charge in [-0.05, 0) is 24.1 Å². The largest absolute Gasteiger partial charge is 0.370 e. The van der Waals surface area contributed by atoms with Crippen LogP contribution < -0.4 is 0 Å². The van der Waals surface area contributed by atoms with Crippen molar-refractivity contribution in [3.05, 3.63) is 77.9 Å². The number of benzene rings is 2. The highest BCUT2D eigenvalue weighted by Gasteiger charge is 2.05. The lowest BCUT2D eigenvalue weighted by Crippen LogP contribution is -2.15. The molecule has 0 radical (unpaired) electrons. The molecule has 0 aliphatic heterocycles. The van der Waals surface area contributed by atoms with E-state index < -0.39 is 0 Å². The smallest absolute Gasteiger partial charge is 0.0426 e. The normalized spacial score (nSPS) is 10.1. The molecule has 2 aromatic rings. The summed E-state index contributed by atoms with van der Waals surface area (Å²) in [5.41, 5.74) is 4.81. The summed E-state index contributed by atoms with van der Waals surface area (Å²) >= 11 is 0. The molecule has 0 fully saturated rings. The Hall–Kier alpha value is -2.02. The van der Waals surface area contributed by atoms with E-state index in [1.165, 1.54) is 16.7 Å². The van der Waals surface area contributed by atoms with Crippen molar-refractivity contribution < 1.29 is 0 Å². The summed E-state index contributed by atoms with van der Waals surface area (Å²) in [5, 5.41) is 0. The predicted molar refractivity (Wildman–Crippen MR) is 78.1 cm³/mol. The summed E-state index contributed by atoms with van der Waals surface area (Å²) in [4.78, 5) is 2.18. The van der Waals surface area contributed by atoms with Crippen molar-refractivity contribution in [3.8, 4) is 0 Å². The summed E-state index contributed by atoms with van der Waals surface area (Å²) in [6.07, 6.45) is 0. The van der Waals surface area contributed by atoms with Gasteiger partial charge in [0.1, 0.15) is 0 Å². The molecule has 2 aromatic carbocycles. The Morgan fingerprint density at radius 3 is 2.44 bits per heavy atom. The summed E-state index contributed by atoms with van der Waals surface area (Å²) in [6.45, 7) is 7.18. The fourth-order valence-corrected chi connectivity index (χ4v) is 2.00. The van der Waals surface area contributed by atoms with Crippen molar-refractivity contribution in [2.45, 2.75) is 13.5 Å². The highest BCUT2D eigenvalue weighted by atomic mass is 15.1. The quantitative estimate of drug-likeness (QED) is 0.774. The highest BCUT2D eigenvalue weighted by Crippen LogP contribution is 2.18. The van der Waals surface area contributed by atoms with E-state index in [0.717, 1.165) is 12.2 Å². The van der Waals surface area contributed by atoms with Crippen LogP contribution in [0, 0.1) is 6.92 Å². The van der Waals surface area contributed by atoms with Gasteiger partial charge in [-0.3, -0.25) is 0 Å². The standard InChI is InChI=1S/C17H19N/c1-14-8-7-11-17(12-14)15(2)18(3)13-16-9-5-4-6-10-16/h4-12H,2,13H2,1,3H3. The van der Waals surface area contributed by atoms with E-state index in [2.05, 4.69) is 74.0 Å². The predicted octanol–water partition coefficient (Wildman–Crippen LogP) is 4.10. The van der Waals surface area contributed by atoms with Gasteiger partial charge in [-0.1, -0.05) is 60.7 Å². The first-order chi connectivity index (χ1) is 8.66. The van der Waals surface area contributed by atoms with Gasteiger partial charge in [0.15, 0.2) is 0 Å². The molecule has 0 N–H and O–H groups in total. The second-order valence-electron chi connectivity index (χ2n) is 4.66. The van der Waals surface area contributed by atoms with E-state index in [1.54, 1.807) is 0 Å². The van der Waals surface area contributed by atoms with Gasteiger partial charge in [0.25, 0.3) is 0 Å². The van der Waals surface area contributed by atoms with E-state index in [-0.39, 0.29) is 0 Å². The molecule has 0 spiro atoms. The minimum absolute atomic E-state index is 0.883.